The van der Waals surface area contributed by atoms with Crippen molar-refractivity contribution >= 4 is 11.0 Å². The lowest BCUT2D eigenvalue weighted by molar-refractivity contribution is 0.664. The second-order valence-electron chi connectivity index (χ2n) is 3.29. The summed E-state index contributed by atoms with van der Waals surface area (Å²) in [5, 5.41) is 8.56. The molecule has 0 aliphatic carbocycles. The van der Waals surface area contributed by atoms with Crippen molar-refractivity contribution in [3.05, 3.63) is 17.0 Å². The molecular formula is C9H12N4. The highest BCUT2D eigenvalue weighted by Crippen LogP contribution is 2.18. The fourth-order valence-electron chi connectivity index (χ4n) is 1.46. The summed E-state index contributed by atoms with van der Waals surface area (Å²) in [6.07, 6.45) is 0. The van der Waals surface area contributed by atoms with Gasteiger partial charge in [0, 0.05) is 18.3 Å². The number of nitrogens with zero attached hydrogens (tertiary/aromatic N) is 4. The van der Waals surface area contributed by atoms with Gasteiger partial charge in [-0.2, -0.15) is 15.0 Å². The molecule has 0 radical (unpaired) electrons. The second kappa shape index (κ2) is 2.52. The molecule has 0 spiro atoms. The van der Waals surface area contributed by atoms with E-state index in [1.807, 2.05) is 27.8 Å². The van der Waals surface area contributed by atoms with Crippen LogP contribution in [0.5, 0.6) is 0 Å². The van der Waals surface area contributed by atoms with E-state index in [-0.39, 0.29) is 0 Å². The SMILES string of the molecule is Cc1nc(C)c2nn(C)nc2c1C. The third-order valence-corrected chi connectivity index (χ3v) is 2.29. The Bertz CT molecular complexity index is 470. The normalized spacial score (nSPS) is 11.1. The van der Waals surface area contributed by atoms with Crippen LogP contribution in [0.25, 0.3) is 11.0 Å². The Balaban J connectivity index is 2.95. The first-order valence-electron chi connectivity index (χ1n) is 4.24. The molecule has 2 rings (SSSR count). The van der Waals surface area contributed by atoms with E-state index in [1.165, 1.54) is 0 Å². The Morgan fingerprint density at radius 1 is 0.923 bits per heavy atom. The smallest absolute Gasteiger partial charge is 0.134 e. The van der Waals surface area contributed by atoms with Gasteiger partial charge in [-0.1, -0.05) is 0 Å². The van der Waals surface area contributed by atoms with Crippen LogP contribution in [0.15, 0.2) is 0 Å². The van der Waals surface area contributed by atoms with Crippen LogP contribution >= 0.6 is 0 Å². The first-order chi connectivity index (χ1) is 6.09. The summed E-state index contributed by atoms with van der Waals surface area (Å²) >= 11 is 0. The lowest BCUT2D eigenvalue weighted by Crippen LogP contribution is -1.92. The van der Waals surface area contributed by atoms with Gasteiger partial charge in [-0.25, -0.2) is 0 Å². The minimum atomic E-state index is 0.908. The van der Waals surface area contributed by atoms with Crippen LogP contribution in [0.1, 0.15) is 17.0 Å². The number of fused-ring (bicyclic) bond motifs is 1. The van der Waals surface area contributed by atoms with Crippen LogP contribution in [-0.4, -0.2) is 20.0 Å². The molecule has 0 aliphatic rings. The number of hydrogen-bond acceptors (Lipinski definition) is 3. The molecule has 0 saturated carbocycles. The van der Waals surface area contributed by atoms with Crippen molar-refractivity contribution < 1.29 is 0 Å². The zero-order chi connectivity index (χ0) is 9.59. The molecule has 2 aromatic rings. The van der Waals surface area contributed by atoms with Crippen LogP contribution < -0.4 is 0 Å². The molecule has 0 fully saturated rings. The maximum Gasteiger partial charge on any atom is 0.134 e. The lowest BCUT2D eigenvalue weighted by atomic mass is 10.2. The zero-order valence-electron chi connectivity index (χ0n) is 8.29. The van der Waals surface area contributed by atoms with E-state index in [4.69, 9.17) is 0 Å². The van der Waals surface area contributed by atoms with Crippen molar-refractivity contribution in [2.45, 2.75) is 20.8 Å². The summed E-state index contributed by atoms with van der Waals surface area (Å²) in [7, 11) is 1.83. The number of pyridine rings is 1. The molecule has 4 heteroatoms. The van der Waals surface area contributed by atoms with E-state index in [0.717, 1.165) is 28.0 Å². The molecule has 0 N–H and O–H groups in total. The van der Waals surface area contributed by atoms with Crippen molar-refractivity contribution in [2.24, 2.45) is 7.05 Å². The molecule has 0 aliphatic heterocycles. The van der Waals surface area contributed by atoms with Gasteiger partial charge >= 0.3 is 0 Å². The highest BCUT2D eigenvalue weighted by atomic mass is 15.5. The largest absolute Gasteiger partial charge is 0.256 e. The van der Waals surface area contributed by atoms with Crippen LogP contribution in [0.3, 0.4) is 0 Å². The maximum absolute atomic E-state index is 4.40. The minimum Gasteiger partial charge on any atom is -0.256 e. The Morgan fingerprint density at radius 3 is 2.23 bits per heavy atom. The van der Waals surface area contributed by atoms with Gasteiger partial charge in [-0.05, 0) is 20.8 Å². The highest BCUT2D eigenvalue weighted by Gasteiger charge is 2.09. The van der Waals surface area contributed by atoms with Crippen LogP contribution in [0, 0.1) is 20.8 Å². The van der Waals surface area contributed by atoms with Crippen molar-refractivity contribution in [3.8, 4) is 0 Å². The fraction of sp³-hybridized carbons (Fsp3) is 0.444. The average molecular weight is 176 g/mol. The summed E-state index contributed by atoms with van der Waals surface area (Å²) in [6, 6.07) is 0. The van der Waals surface area contributed by atoms with Crippen LogP contribution in [0.2, 0.25) is 0 Å². The van der Waals surface area contributed by atoms with Crippen LogP contribution in [0.4, 0.5) is 0 Å². The summed E-state index contributed by atoms with van der Waals surface area (Å²) in [6.45, 7) is 5.98. The van der Waals surface area contributed by atoms with E-state index >= 15 is 0 Å². The molecule has 0 bridgehead atoms. The molecule has 2 aromatic heterocycles. The topological polar surface area (TPSA) is 43.6 Å². The quantitative estimate of drug-likeness (QED) is 0.607. The Morgan fingerprint density at radius 2 is 1.54 bits per heavy atom. The fourth-order valence-corrected chi connectivity index (χ4v) is 1.46. The van der Waals surface area contributed by atoms with E-state index < -0.39 is 0 Å². The number of aryl methyl sites for hydroxylation is 4. The zero-order valence-corrected chi connectivity index (χ0v) is 8.29. The van der Waals surface area contributed by atoms with E-state index in [1.54, 1.807) is 4.80 Å². The predicted molar refractivity (Wildman–Crippen MR) is 50.5 cm³/mol. The standard InChI is InChI=1S/C9H12N4/c1-5-6(2)10-7(3)9-8(5)11-13(4)12-9/h1-4H3. The molecule has 13 heavy (non-hydrogen) atoms. The Hall–Kier alpha value is -1.45. The average Bonchev–Trinajstić information content (AvgIpc) is 2.44. The van der Waals surface area contributed by atoms with Gasteiger partial charge in [0.25, 0.3) is 0 Å². The molecule has 0 unspecified atom stereocenters. The van der Waals surface area contributed by atoms with Gasteiger partial charge in [0.05, 0.1) is 5.69 Å². The monoisotopic (exact) mass is 176 g/mol. The molecule has 68 valence electrons. The minimum absolute atomic E-state index is 0.908. The van der Waals surface area contributed by atoms with Crippen molar-refractivity contribution in [1.29, 1.82) is 0 Å². The van der Waals surface area contributed by atoms with Gasteiger partial charge in [-0.3, -0.25) is 4.98 Å². The van der Waals surface area contributed by atoms with E-state index in [0.29, 0.717) is 0 Å². The highest BCUT2D eigenvalue weighted by molar-refractivity contribution is 5.79. The number of rotatable bonds is 0. The van der Waals surface area contributed by atoms with Gasteiger partial charge in [0.15, 0.2) is 0 Å². The Labute approximate surface area is 76.6 Å². The predicted octanol–water partition coefficient (Wildman–Crippen LogP) is 1.29. The third kappa shape index (κ3) is 1.09. The first-order valence-corrected chi connectivity index (χ1v) is 4.24. The second-order valence-corrected chi connectivity index (χ2v) is 3.29. The van der Waals surface area contributed by atoms with Gasteiger partial charge in [0.2, 0.25) is 0 Å². The molecule has 0 saturated heterocycles. The summed E-state index contributed by atoms with van der Waals surface area (Å²) in [5.74, 6) is 0. The van der Waals surface area contributed by atoms with Crippen molar-refractivity contribution in [2.75, 3.05) is 0 Å². The van der Waals surface area contributed by atoms with Gasteiger partial charge in [-0.15, -0.1) is 0 Å². The van der Waals surface area contributed by atoms with E-state index in [9.17, 15) is 0 Å². The third-order valence-electron chi connectivity index (χ3n) is 2.29. The first kappa shape index (κ1) is 8.16. The molecule has 0 aromatic carbocycles. The molecule has 2 heterocycles. The molecule has 4 nitrogen and oxygen atoms in total. The van der Waals surface area contributed by atoms with Gasteiger partial charge in [0.1, 0.15) is 11.0 Å². The molecule has 0 amide bonds. The molecular weight excluding hydrogens is 164 g/mol. The lowest BCUT2D eigenvalue weighted by Gasteiger charge is -2.00. The Kier molecular flexibility index (Phi) is 1.58. The van der Waals surface area contributed by atoms with Gasteiger partial charge < -0.3 is 0 Å². The summed E-state index contributed by atoms with van der Waals surface area (Å²) in [5.41, 5.74) is 4.98. The van der Waals surface area contributed by atoms with Crippen molar-refractivity contribution in [3.63, 3.8) is 0 Å². The maximum atomic E-state index is 4.40. The number of hydrogen-bond donors (Lipinski definition) is 0. The van der Waals surface area contributed by atoms with E-state index in [2.05, 4.69) is 15.2 Å². The molecule has 0 atom stereocenters. The summed E-state index contributed by atoms with van der Waals surface area (Å²) < 4.78 is 0. The van der Waals surface area contributed by atoms with Crippen LogP contribution in [-0.2, 0) is 7.05 Å². The van der Waals surface area contributed by atoms with Crippen molar-refractivity contribution in [1.82, 2.24) is 20.0 Å². The number of aromatic nitrogens is 4. The summed E-state index contributed by atoms with van der Waals surface area (Å²) in [4.78, 5) is 5.99.